The molecule has 0 saturated heterocycles. The molecule has 2 amide bonds. The summed E-state index contributed by atoms with van der Waals surface area (Å²) in [5.74, 6) is -0.377. The quantitative estimate of drug-likeness (QED) is 0.540. The van der Waals surface area contributed by atoms with Gasteiger partial charge in [-0.1, -0.05) is 0 Å². The Balaban J connectivity index is 3.25. The molecule has 0 aromatic rings. The molecular formula is C8H16N2O3. The van der Waals surface area contributed by atoms with Gasteiger partial charge >= 0.3 is 0 Å². The predicted molar refractivity (Wildman–Crippen MR) is 48.2 cm³/mol. The molecule has 0 bridgehead atoms. The minimum Gasteiger partial charge on any atom is -0.385 e. The molecular weight excluding hydrogens is 172 g/mol. The lowest BCUT2D eigenvalue weighted by Gasteiger charge is -2.04. The summed E-state index contributed by atoms with van der Waals surface area (Å²) in [6.45, 7) is 2.62. The van der Waals surface area contributed by atoms with Crippen molar-refractivity contribution in [3.8, 4) is 0 Å². The van der Waals surface area contributed by atoms with Crippen molar-refractivity contribution in [3.05, 3.63) is 0 Å². The third kappa shape index (κ3) is 8.81. The first-order valence-corrected chi connectivity index (χ1v) is 4.17. The van der Waals surface area contributed by atoms with Crippen LogP contribution in [0, 0.1) is 0 Å². The maximum Gasteiger partial charge on any atom is 0.239 e. The smallest absolute Gasteiger partial charge is 0.239 e. The molecule has 2 N–H and O–H groups in total. The molecule has 0 aliphatic heterocycles. The third-order valence-electron chi connectivity index (χ3n) is 1.35. The number of rotatable bonds is 6. The molecule has 0 aliphatic carbocycles. The van der Waals surface area contributed by atoms with E-state index in [0.29, 0.717) is 13.2 Å². The largest absolute Gasteiger partial charge is 0.385 e. The number of amides is 2. The zero-order valence-electron chi connectivity index (χ0n) is 8.05. The van der Waals surface area contributed by atoms with Crippen molar-refractivity contribution in [1.82, 2.24) is 10.6 Å². The van der Waals surface area contributed by atoms with Crippen LogP contribution in [0.25, 0.3) is 0 Å². The molecule has 13 heavy (non-hydrogen) atoms. The normalized spacial score (nSPS) is 9.38. The summed E-state index contributed by atoms with van der Waals surface area (Å²) in [7, 11) is 1.61. The van der Waals surface area contributed by atoms with E-state index in [1.807, 2.05) is 0 Å². The van der Waals surface area contributed by atoms with E-state index in [0.717, 1.165) is 6.42 Å². The summed E-state index contributed by atoms with van der Waals surface area (Å²) in [6.07, 6.45) is 0.780. The first-order chi connectivity index (χ1) is 6.16. The van der Waals surface area contributed by atoms with Gasteiger partial charge in [0.1, 0.15) is 0 Å². The number of carbonyl (C=O) groups excluding carboxylic acids is 2. The first-order valence-electron chi connectivity index (χ1n) is 4.17. The molecule has 0 rings (SSSR count). The van der Waals surface area contributed by atoms with E-state index < -0.39 is 0 Å². The van der Waals surface area contributed by atoms with E-state index in [-0.39, 0.29) is 18.4 Å². The minimum absolute atomic E-state index is 0.0440. The van der Waals surface area contributed by atoms with Crippen LogP contribution in [0.3, 0.4) is 0 Å². The van der Waals surface area contributed by atoms with Crippen molar-refractivity contribution in [2.75, 3.05) is 26.8 Å². The Kier molecular flexibility index (Phi) is 6.91. The molecule has 0 heterocycles. The van der Waals surface area contributed by atoms with Crippen LogP contribution in [0.1, 0.15) is 13.3 Å². The van der Waals surface area contributed by atoms with Crippen molar-refractivity contribution in [2.45, 2.75) is 13.3 Å². The van der Waals surface area contributed by atoms with Crippen LogP contribution in [-0.4, -0.2) is 38.6 Å². The fraction of sp³-hybridized carbons (Fsp3) is 0.750. The highest BCUT2D eigenvalue weighted by Gasteiger charge is 1.99. The first kappa shape index (κ1) is 11.9. The lowest BCUT2D eigenvalue weighted by Crippen LogP contribution is -2.36. The summed E-state index contributed by atoms with van der Waals surface area (Å²) in [5.41, 5.74) is 0. The Hall–Kier alpha value is -1.10. The SMILES string of the molecule is COCCCNC(=O)CNC(C)=O. The van der Waals surface area contributed by atoms with Crippen molar-refractivity contribution in [3.63, 3.8) is 0 Å². The second-order valence-corrected chi connectivity index (χ2v) is 2.61. The van der Waals surface area contributed by atoms with Gasteiger partial charge in [0.25, 0.3) is 0 Å². The molecule has 0 saturated carbocycles. The average molecular weight is 188 g/mol. The van der Waals surface area contributed by atoms with Crippen LogP contribution in [0.4, 0.5) is 0 Å². The number of methoxy groups -OCH3 is 1. The van der Waals surface area contributed by atoms with Gasteiger partial charge in [-0.15, -0.1) is 0 Å². The molecule has 76 valence electrons. The third-order valence-corrected chi connectivity index (χ3v) is 1.35. The van der Waals surface area contributed by atoms with Crippen LogP contribution < -0.4 is 10.6 Å². The molecule has 0 atom stereocenters. The number of hydrogen-bond donors (Lipinski definition) is 2. The molecule has 5 heteroatoms. The molecule has 0 spiro atoms. The number of carbonyl (C=O) groups is 2. The summed E-state index contributed by atoms with van der Waals surface area (Å²) in [6, 6.07) is 0. The van der Waals surface area contributed by atoms with Crippen molar-refractivity contribution >= 4 is 11.8 Å². The van der Waals surface area contributed by atoms with Gasteiger partial charge in [0.05, 0.1) is 6.54 Å². The Morgan fingerprint density at radius 2 is 2.00 bits per heavy atom. The maximum atomic E-state index is 10.9. The molecule has 0 radical (unpaired) electrons. The molecule has 0 aliphatic rings. The molecule has 0 fully saturated rings. The van der Waals surface area contributed by atoms with Gasteiger partial charge in [-0.2, -0.15) is 0 Å². The lowest BCUT2D eigenvalue weighted by molar-refractivity contribution is -0.125. The van der Waals surface area contributed by atoms with Crippen molar-refractivity contribution in [1.29, 1.82) is 0 Å². The Morgan fingerprint density at radius 1 is 1.31 bits per heavy atom. The maximum absolute atomic E-state index is 10.9. The molecule has 0 unspecified atom stereocenters. The van der Waals surface area contributed by atoms with Crippen molar-refractivity contribution in [2.24, 2.45) is 0 Å². The monoisotopic (exact) mass is 188 g/mol. The Bertz CT molecular complexity index is 171. The summed E-state index contributed by atoms with van der Waals surface area (Å²) < 4.78 is 4.80. The topological polar surface area (TPSA) is 67.4 Å². The van der Waals surface area contributed by atoms with Crippen LogP contribution in [0.2, 0.25) is 0 Å². The average Bonchev–Trinajstić information content (AvgIpc) is 2.09. The highest BCUT2D eigenvalue weighted by atomic mass is 16.5. The van der Waals surface area contributed by atoms with Crippen LogP contribution in [0.5, 0.6) is 0 Å². The van der Waals surface area contributed by atoms with Crippen LogP contribution in [-0.2, 0) is 14.3 Å². The van der Waals surface area contributed by atoms with Gasteiger partial charge < -0.3 is 15.4 Å². The highest BCUT2D eigenvalue weighted by Crippen LogP contribution is 1.76. The van der Waals surface area contributed by atoms with Gasteiger partial charge in [-0.25, -0.2) is 0 Å². The minimum atomic E-state index is -0.202. The van der Waals surface area contributed by atoms with Crippen LogP contribution >= 0.6 is 0 Å². The summed E-state index contributed by atoms with van der Waals surface area (Å²) in [4.78, 5) is 21.4. The van der Waals surface area contributed by atoms with Gasteiger partial charge in [0, 0.05) is 27.2 Å². The standard InChI is InChI=1S/C8H16N2O3/c1-7(11)10-6-8(12)9-4-3-5-13-2/h3-6H2,1-2H3,(H,9,12)(H,10,11). The van der Waals surface area contributed by atoms with Gasteiger partial charge in [0.2, 0.25) is 11.8 Å². The van der Waals surface area contributed by atoms with Crippen LogP contribution in [0.15, 0.2) is 0 Å². The zero-order valence-corrected chi connectivity index (χ0v) is 8.05. The lowest BCUT2D eigenvalue weighted by atomic mass is 10.4. The Morgan fingerprint density at radius 3 is 2.54 bits per heavy atom. The molecule has 0 aromatic heterocycles. The van der Waals surface area contributed by atoms with Crippen molar-refractivity contribution < 1.29 is 14.3 Å². The fourth-order valence-electron chi connectivity index (χ4n) is 0.712. The zero-order chi connectivity index (χ0) is 10.1. The summed E-state index contributed by atoms with van der Waals surface area (Å²) in [5, 5.41) is 5.04. The van der Waals surface area contributed by atoms with E-state index in [2.05, 4.69) is 10.6 Å². The second-order valence-electron chi connectivity index (χ2n) is 2.61. The molecule has 0 aromatic carbocycles. The van der Waals surface area contributed by atoms with E-state index in [1.165, 1.54) is 6.92 Å². The van der Waals surface area contributed by atoms with E-state index in [9.17, 15) is 9.59 Å². The van der Waals surface area contributed by atoms with Gasteiger partial charge in [-0.05, 0) is 6.42 Å². The van der Waals surface area contributed by atoms with E-state index in [1.54, 1.807) is 7.11 Å². The summed E-state index contributed by atoms with van der Waals surface area (Å²) >= 11 is 0. The van der Waals surface area contributed by atoms with Gasteiger partial charge in [0.15, 0.2) is 0 Å². The van der Waals surface area contributed by atoms with E-state index in [4.69, 9.17) is 4.74 Å². The number of ether oxygens (including phenoxy) is 1. The fourth-order valence-corrected chi connectivity index (χ4v) is 0.712. The predicted octanol–water partition coefficient (Wildman–Crippen LogP) is -0.725. The second kappa shape index (κ2) is 7.54. The number of hydrogen-bond acceptors (Lipinski definition) is 3. The Labute approximate surface area is 77.8 Å². The molecule has 5 nitrogen and oxygen atoms in total. The number of nitrogens with one attached hydrogen (secondary N) is 2. The van der Waals surface area contributed by atoms with E-state index >= 15 is 0 Å². The van der Waals surface area contributed by atoms with Gasteiger partial charge in [-0.3, -0.25) is 9.59 Å². The highest BCUT2D eigenvalue weighted by molar-refractivity contribution is 5.83.